The number of nitrogens with zero attached hydrogens (tertiary/aromatic N) is 1. The van der Waals surface area contributed by atoms with Crippen molar-refractivity contribution >= 4 is 21.6 Å². The van der Waals surface area contributed by atoms with Gasteiger partial charge in [-0.3, -0.25) is 0 Å². The van der Waals surface area contributed by atoms with Crippen molar-refractivity contribution in [2.24, 2.45) is 0 Å². The molecular formula is C10H6BrN. The van der Waals surface area contributed by atoms with Crippen molar-refractivity contribution in [1.82, 2.24) is 0 Å². The molecule has 1 aliphatic carbocycles. The SMILES string of the molecule is [C-]#[N+]C1=CCc2ccc(Br)cc21. The molecule has 1 aromatic carbocycles. The van der Waals surface area contributed by atoms with Gasteiger partial charge in [-0.2, -0.15) is 0 Å². The molecule has 1 aromatic rings. The molecule has 0 atom stereocenters. The van der Waals surface area contributed by atoms with Crippen molar-refractivity contribution in [1.29, 1.82) is 0 Å². The smallest absolute Gasteiger partial charge is 0.191 e. The van der Waals surface area contributed by atoms with Gasteiger partial charge in [0.15, 0.2) is 5.70 Å². The summed E-state index contributed by atoms with van der Waals surface area (Å²) in [5, 5.41) is 0. The third-order valence-electron chi connectivity index (χ3n) is 1.98. The van der Waals surface area contributed by atoms with Gasteiger partial charge in [-0.1, -0.05) is 34.1 Å². The Balaban J connectivity index is 2.59. The highest BCUT2D eigenvalue weighted by molar-refractivity contribution is 9.10. The van der Waals surface area contributed by atoms with Crippen molar-refractivity contribution in [3.63, 3.8) is 0 Å². The molecule has 0 heterocycles. The molecule has 0 saturated heterocycles. The molecule has 0 N–H and O–H groups in total. The predicted octanol–water partition coefficient (Wildman–Crippen LogP) is 3.27. The van der Waals surface area contributed by atoms with E-state index in [2.05, 4.69) is 26.8 Å². The molecule has 1 aliphatic rings. The van der Waals surface area contributed by atoms with Crippen LogP contribution in [0.4, 0.5) is 0 Å². The average molecular weight is 220 g/mol. The lowest BCUT2D eigenvalue weighted by Crippen LogP contribution is -1.81. The van der Waals surface area contributed by atoms with E-state index in [4.69, 9.17) is 6.57 Å². The summed E-state index contributed by atoms with van der Waals surface area (Å²) >= 11 is 3.39. The summed E-state index contributed by atoms with van der Waals surface area (Å²) in [6.45, 7) is 6.94. The maximum absolute atomic E-state index is 6.94. The van der Waals surface area contributed by atoms with E-state index in [9.17, 15) is 0 Å². The number of hydrogen-bond acceptors (Lipinski definition) is 0. The molecule has 0 amide bonds. The average Bonchev–Trinajstić information content (AvgIpc) is 2.46. The molecule has 0 aromatic heterocycles. The Bertz CT molecular complexity index is 399. The van der Waals surface area contributed by atoms with Gasteiger partial charge in [-0.25, -0.2) is 4.85 Å². The summed E-state index contributed by atoms with van der Waals surface area (Å²) < 4.78 is 1.04. The van der Waals surface area contributed by atoms with E-state index < -0.39 is 0 Å². The third-order valence-corrected chi connectivity index (χ3v) is 2.48. The number of hydrogen-bond donors (Lipinski definition) is 0. The first-order chi connectivity index (χ1) is 5.81. The fraction of sp³-hybridized carbons (Fsp3) is 0.100. The predicted molar refractivity (Wildman–Crippen MR) is 52.4 cm³/mol. The van der Waals surface area contributed by atoms with Crippen LogP contribution in [0.15, 0.2) is 28.7 Å². The number of rotatable bonds is 0. The largest absolute Gasteiger partial charge is 0.238 e. The quantitative estimate of drug-likeness (QED) is 0.591. The van der Waals surface area contributed by atoms with Gasteiger partial charge in [0.25, 0.3) is 0 Å². The highest BCUT2D eigenvalue weighted by Gasteiger charge is 2.13. The minimum Gasteiger partial charge on any atom is -0.238 e. The summed E-state index contributed by atoms with van der Waals surface area (Å²) in [6.07, 6.45) is 2.88. The summed E-state index contributed by atoms with van der Waals surface area (Å²) in [5.74, 6) is 0. The topological polar surface area (TPSA) is 4.36 Å². The first-order valence-electron chi connectivity index (χ1n) is 3.67. The van der Waals surface area contributed by atoms with E-state index in [1.807, 2.05) is 18.2 Å². The first kappa shape index (κ1) is 7.57. The van der Waals surface area contributed by atoms with Gasteiger partial charge in [0.05, 0.1) is 6.57 Å². The lowest BCUT2D eigenvalue weighted by Gasteiger charge is -1.99. The van der Waals surface area contributed by atoms with Crippen LogP contribution in [0.5, 0.6) is 0 Å². The minimum absolute atomic E-state index is 0.784. The van der Waals surface area contributed by atoms with E-state index in [0.29, 0.717) is 0 Å². The fourth-order valence-corrected chi connectivity index (χ4v) is 1.75. The molecule has 0 saturated carbocycles. The van der Waals surface area contributed by atoms with E-state index in [0.717, 1.165) is 22.2 Å². The zero-order valence-electron chi connectivity index (χ0n) is 6.34. The first-order valence-corrected chi connectivity index (χ1v) is 4.47. The Morgan fingerprint density at radius 1 is 1.42 bits per heavy atom. The number of allylic oxidation sites excluding steroid dienone is 1. The van der Waals surface area contributed by atoms with Gasteiger partial charge < -0.3 is 0 Å². The number of benzene rings is 1. The van der Waals surface area contributed by atoms with Crippen LogP contribution in [-0.2, 0) is 6.42 Å². The molecule has 2 heteroatoms. The maximum atomic E-state index is 6.94. The zero-order chi connectivity index (χ0) is 8.55. The second-order valence-electron chi connectivity index (χ2n) is 2.71. The molecule has 0 unspecified atom stereocenters. The van der Waals surface area contributed by atoms with Crippen LogP contribution in [0.25, 0.3) is 10.5 Å². The van der Waals surface area contributed by atoms with Crippen LogP contribution >= 0.6 is 15.9 Å². The normalized spacial score (nSPS) is 13.5. The molecule has 0 fully saturated rings. The van der Waals surface area contributed by atoms with E-state index in [-0.39, 0.29) is 0 Å². The number of fused-ring (bicyclic) bond motifs is 1. The Morgan fingerprint density at radius 3 is 3.00 bits per heavy atom. The van der Waals surface area contributed by atoms with Crippen molar-refractivity contribution in [2.45, 2.75) is 6.42 Å². The van der Waals surface area contributed by atoms with Crippen LogP contribution in [0.1, 0.15) is 11.1 Å². The Morgan fingerprint density at radius 2 is 2.25 bits per heavy atom. The Kier molecular flexibility index (Phi) is 1.74. The Hall–Kier alpha value is -1.07. The van der Waals surface area contributed by atoms with Gasteiger partial charge in [0.1, 0.15) is 0 Å². The maximum Gasteiger partial charge on any atom is 0.191 e. The Labute approximate surface area is 79.7 Å². The number of halogens is 1. The zero-order valence-corrected chi connectivity index (χ0v) is 7.93. The van der Waals surface area contributed by atoms with Gasteiger partial charge >= 0.3 is 0 Å². The third kappa shape index (κ3) is 1.07. The van der Waals surface area contributed by atoms with Gasteiger partial charge in [-0.15, -0.1) is 0 Å². The van der Waals surface area contributed by atoms with Gasteiger partial charge in [0, 0.05) is 4.47 Å². The molecule has 12 heavy (non-hydrogen) atoms. The molecular weight excluding hydrogens is 214 g/mol. The van der Waals surface area contributed by atoms with E-state index in [1.165, 1.54) is 5.56 Å². The summed E-state index contributed by atoms with van der Waals surface area (Å²) in [5.41, 5.74) is 3.12. The molecule has 2 rings (SSSR count). The van der Waals surface area contributed by atoms with Gasteiger partial charge in [0.2, 0.25) is 0 Å². The highest BCUT2D eigenvalue weighted by atomic mass is 79.9. The monoisotopic (exact) mass is 219 g/mol. The van der Waals surface area contributed by atoms with Crippen LogP contribution < -0.4 is 0 Å². The van der Waals surface area contributed by atoms with Crippen molar-refractivity contribution in [3.05, 3.63) is 51.3 Å². The summed E-state index contributed by atoms with van der Waals surface area (Å²) in [6, 6.07) is 6.08. The van der Waals surface area contributed by atoms with Crippen LogP contribution in [0, 0.1) is 6.57 Å². The highest BCUT2D eigenvalue weighted by Crippen LogP contribution is 2.30. The van der Waals surface area contributed by atoms with Crippen molar-refractivity contribution < 1.29 is 0 Å². The van der Waals surface area contributed by atoms with Crippen molar-refractivity contribution in [2.75, 3.05) is 0 Å². The molecule has 0 radical (unpaired) electrons. The molecule has 0 aliphatic heterocycles. The summed E-state index contributed by atoms with van der Waals surface area (Å²) in [4.78, 5) is 3.46. The fourth-order valence-electron chi connectivity index (χ4n) is 1.39. The molecule has 0 bridgehead atoms. The van der Waals surface area contributed by atoms with Crippen molar-refractivity contribution in [3.8, 4) is 0 Å². The second kappa shape index (κ2) is 2.76. The minimum atomic E-state index is 0.784. The summed E-state index contributed by atoms with van der Waals surface area (Å²) in [7, 11) is 0. The molecule has 58 valence electrons. The standard InChI is InChI=1S/C10H6BrN/c1-12-10-5-3-7-2-4-8(11)6-9(7)10/h2,4-6H,3H2. The second-order valence-corrected chi connectivity index (χ2v) is 3.62. The molecule has 1 nitrogen and oxygen atoms in total. The lowest BCUT2D eigenvalue weighted by molar-refractivity contribution is 1.31. The van der Waals surface area contributed by atoms with Crippen LogP contribution in [-0.4, -0.2) is 0 Å². The van der Waals surface area contributed by atoms with Crippen LogP contribution in [0.3, 0.4) is 0 Å². The van der Waals surface area contributed by atoms with E-state index in [1.54, 1.807) is 0 Å². The van der Waals surface area contributed by atoms with Crippen LogP contribution in [0.2, 0.25) is 0 Å². The lowest BCUT2D eigenvalue weighted by atomic mass is 10.1. The molecule has 0 spiro atoms. The van der Waals surface area contributed by atoms with E-state index >= 15 is 0 Å². The van der Waals surface area contributed by atoms with Gasteiger partial charge in [-0.05, 0) is 23.6 Å².